The molecule has 0 aliphatic carbocycles. The fourth-order valence-corrected chi connectivity index (χ4v) is 4.36. The van der Waals surface area contributed by atoms with Crippen LogP contribution in [0, 0.1) is 0 Å². The highest BCUT2D eigenvalue weighted by molar-refractivity contribution is 6.35. The second kappa shape index (κ2) is 8.21. The Bertz CT molecular complexity index is 1350. The van der Waals surface area contributed by atoms with E-state index in [2.05, 4.69) is 4.90 Å². The Morgan fingerprint density at radius 1 is 0.903 bits per heavy atom. The van der Waals surface area contributed by atoms with Crippen LogP contribution in [0.4, 0.5) is 0 Å². The minimum atomic E-state index is -0.402. The third kappa shape index (κ3) is 4.04. The first-order valence-corrected chi connectivity index (χ1v) is 10.8. The molecule has 0 fully saturated rings. The minimum absolute atomic E-state index is 0.402. The van der Waals surface area contributed by atoms with Gasteiger partial charge in [-0.3, -0.25) is 4.90 Å². The molecule has 1 aromatic heterocycles. The molecular weight excluding hydrogens is 457 g/mol. The van der Waals surface area contributed by atoms with Gasteiger partial charge in [0, 0.05) is 33.5 Å². The van der Waals surface area contributed by atoms with E-state index in [0.29, 0.717) is 51.8 Å². The van der Waals surface area contributed by atoms with Gasteiger partial charge < -0.3 is 9.15 Å². The topological polar surface area (TPSA) is 42.7 Å². The number of hydrogen-bond donors (Lipinski definition) is 0. The summed E-state index contributed by atoms with van der Waals surface area (Å²) >= 11 is 18.3. The van der Waals surface area contributed by atoms with E-state index in [1.807, 2.05) is 30.3 Å². The van der Waals surface area contributed by atoms with Crippen LogP contribution in [-0.4, -0.2) is 11.6 Å². The monoisotopic (exact) mass is 471 g/mol. The van der Waals surface area contributed by atoms with Crippen molar-refractivity contribution in [1.29, 1.82) is 0 Å². The molecule has 156 valence electrons. The van der Waals surface area contributed by atoms with E-state index in [1.165, 1.54) is 0 Å². The van der Waals surface area contributed by atoms with Crippen LogP contribution in [0.25, 0.3) is 22.1 Å². The van der Waals surface area contributed by atoms with Gasteiger partial charge in [0.05, 0.1) is 11.1 Å². The Kier molecular flexibility index (Phi) is 5.40. The van der Waals surface area contributed by atoms with E-state index in [-0.39, 0.29) is 0 Å². The zero-order chi connectivity index (χ0) is 21.5. The largest absolute Gasteiger partial charge is 0.478 e. The van der Waals surface area contributed by atoms with Gasteiger partial charge in [-0.25, -0.2) is 4.79 Å². The van der Waals surface area contributed by atoms with Crippen molar-refractivity contribution in [3.8, 4) is 16.9 Å². The summed E-state index contributed by atoms with van der Waals surface area (Å²) in [4.78, 5) is 14.9. The van der Waals surface area contributed by atoms with Crippen molar-refractivity contribution in [3.05, 3.63) is 97.3 Å². The van der Waals surface area contributed by atoms with E-state index >= 15 is 0 Å². The molecular formula is C24H16Cl3NO3. The molecule has 0 atom stereocenters. The molecule has 0 saturated carbocycles. The first kappa shape index (κ1) is 20.4. The average Bonchev–Trinajstić information content (AvgIpc) is 2.76. The summed E-state index contributed by atoms with van der Waals surface area (Å²) in [6.45, 7) is 1.55. The molecule has 1 aliphatic heterocycles. The Hall–Kier alpha value is -2.50. The highest BCUT2D eigenvalue weighted by Crippen LogP contribution is 2.34. The van der Waals surface area contributed by atoms with Crippen molar-refractivity contribution < 1.29 is 9.15 Å². The lowest BCUT2D eigenvalue weighted by molar-refractivity contribution is 0.0890. The van der Waals surface area contributed by atoms with Crippen LogP contribution < -0.4 is 10.4 Å². The first-order valence-electron chi connectivity index (χ1n) is 9.63. The van der Waals surface area contributed by atoms with E-state index in [9.17, 15) is 4.79 Å². The zero-order valence-corrected chi connectivity index (χ0v) is 18.5. The van der Waals surface area contributed by atoms with E-state index in [1.54, 1.807) is 30.3 Å². The third-order valence-corrected chi connectivity index (χ3v) is 6.15. The second-order valence-corrected chi connectivity index (χ2v) is 8.69. The molecule has 0 radical (unpaired) electrons. The lowest BCUT2D eigenvalue weighted by Gasteiger charge is -2.29. The molecule has 0 saturated heterocycles. The fourth-order valence-electron chi connectivity index (χ4n) is 3.76. The van der Waals surface area contributed by atoms with Crippen molar-refractivity contribution in [2.45, 2.75) is 13.1 Å². The van der Waals surface area contributed by atoms with Crippen LogP contribution in [0.1, 0.15) is 11.1 Å². The van der Waals surface area contributed by atoms with Gasteiger partial charge in [-0.1, -0.05) is 53.0 Å². The van der Waals surface area contributed by atoms with Gasteiger partial charge in [-0.05, 0) is 53.6 Å². The van der Waals surface area contributed by atoms with Crippen molar-refractivity contribution in [3.63, 3.8) is 0 Å². The molecule has 5 rings (SSSR count). The minimum Gasteiger partial charge on any atom is -0.478 e. The maximum absolute atomic E-state index is 12.8. The molecule has 31 heavy (non-hydrogen) atoms. The number of ether oxygens (including phenoxy) is 1. The summed E-state index contributed by atoms with van der Waals surface area (Å²) < 4.78 is 11.7. The van der Waals surface area contributed by atoms with E-state index in [0.717, 1.165) is 22.1 Å². The summed E-state index contributed by atoms with van der Waals surface area (Å²) in [5.74, 6) is 0.716. The standard InChI is InChI=1S/C24H16Cl3NO3/c25-17-5-1-14(2-6-17)19-9-15-4-8-22-20(23(15)31-24(19)29)12-28(13-30-22)11-16-3-7-18(26)10-21(16)27/h1-10H,11-13H2. The number of benzene rings is 3. The SMILES string of the molecule is O=c1oc2c3c(ccc2cc1-c1ccc(Cl)cc1)OCN(Cc1ccc(Cl)cc1Cl)C3. The van der Waals surface area contributed by atoms with Crippen molar-refractivity contribution in [1.82, 2.24) is 4.90 Å². The average molecular weight is 473 g/mol. The second-order valence-electron chi connectivity index (χ2n) is 7.41. The summed E-state index contributed by atoms with van der Waals surface area (Å²) in [6, 6.07) is 18.2. The Morgan fingerprint density at radius 3 is 2.45 bits per heavy atom. The van der Waals surface area contributed by atoms with Gasteiger partial charge in [0.2, 0.25) is 0 Å². The van der Waals surface area contributed by atoms with Gasteiger partial charge in [-0.2, -0.15) is 0 Å². The molecule has 0 N–H and O–H groups in total. The third-order valence-electron chi connectivity index (χ3n) is 5.31. The molecule has 4 aromatic rings. The number of hydrogen-bond acceptors (Lipinski definition) is 4. The molecule has 0 spiro atoms. The number of nitrogens with zero attached hydrogens (tertiary/aromatic N) is 1. The van der Waals surface area contributed by atoms with Gasteiger partial charge in [0.25, 0.3) is 0 Å². The fraction of sp³-hybridized carbons (Fsp3) is 0.125. The lowest BCUT2D eigenvalue weighted by Crippen LogP contribution is -2.31. The Morgan fingerprint density at radius 2 is 1.68 bits per heavy atom. The first-order chi connectivity index (χ1) is 15.0. The van der Waals surface area contributed by atoms with E-state index in [4.69, 9.17) is 44.0 Å². The zero-order valence-electron chi connectivity index (χ0n) is 16.2. The predicted molar refractivity (Wildman–Crippen MR) is 124 cm³/mol. The quantitative estimate of drug-likeness (QED) is 0.309. The number of halogens is 3. The van der Waals surface area contributed by atoms with E-state index < -0.39 is 5.63 Å². The molecule has 4 nitrogen and oxygen atoms in total. The van der Waals surface area contributed by atoms with Gasteiger partial charge in [0.15, 0.2) is 0 Å². The highest BCUT2D eigenvalue weighted by Gasteiger charge is 2.23. The molecule has 1 aliphatic rings. The van der Waals surface area contributed by atoms with Crippen LogP contribution in [0.3, 0.4) is 0 Å². The molecule has 7 heteroatoms. The van der Waals surface area contributed by atoms with Crippen LogP contribution in [0.2, 0.25) is 15.1 Å². The maximum atomic E-state index is 12.8. The number of rotatable bonds is 3. The maximum Gasteiger partial charge on any atom is 0.344 e. The highest BCUT2D eigenvalue weighted by atomic mass is 35.5. The van der Waals surface area contributed by atoms with Crippen molar-refractivity contribution in [2.75, 3.05) is 6.73 Å². The van der Waals surface area contributed by atoms with Crippen molar-refractivity contribution in [2.24, 2.45) is 0 Å². The van der Waals surface area contributed by atoms with Gasteiger partial charge in [0.1, 0.15) is 18.1 Å². The lowest BCUT2D eigenvalue weighted by atomic mass is 10.0. The van der Waals surface area contributed by atoms with Crippen LogP contribution in [0.5, 0.6) is 5.75 Å². The van der Waals surface area contributed by atoms with Crippen LogP contribution in [-0.2, 0) is 13.1 Å². The summed E-state index contributed by atoms with van der Waals surface area (Å²) in [5, 5.41) is 2.65. The molecule has 3 aromatic carbocycles. The van der Waals surface area contributed by atoms with Gasteiger partial charge in [-0.15, -0.1) is 0 Å². The summed E-state index contributed by atoms with van der Waals surface area (Å²) in [5.41, 5.74) is 3.17. The normalized spacial score (nSPS) is 13.8. The molecule has 2 heterocycles. The summed E-state index contributed by atoms with van der Waals surface area (Å²) in [7, 11) is 0. The Labute approximate surface area is 193 Å². The van der Waals surface area contributed by atoms with Crippen LogP contribution >= 0.6 is 34.8 Å². The molecule has 0 bridgehead atoms. The summed E-state index contributed by atoms with van der Waals surface area (Å²) in [6.07, 6.45) is 0. The number of fused-ring (bicyclic) bond motifs is 3. The predicted octanol–water partition coefficient (Wildman–Crippen LogP) is 6.77. The van der Waals surface area contributed by atoms with Gasteiger partial charge >= 0.3 is 5.63 Å². The molecule has 0 amide bonds. The smallest absolute Gasteiger partial charge is 0.344 e. The van der Waals surface area contributed by atoms with Crippen LogP contribution in [0.15, 0.2) is 69.9 Å². The Balaban J connectivity index is 1.50. The van der Waals surface area contributed by atoms with Crippen molar-refractivity contribution >= 4 is 45.8 Å². The molecule has 0 unspecified atom stereocenters.